The van der Waals surface area contributed by atoms with Gasteiger partial charge in [-0.1, -0.05) is 52.8 Å². The molecule has 2 aliphatic heterocycles. The fraction of sp³-hybridized carbons (Fsp3) is 0.633. The molecule has 216 valence electrons. The highest BCUT2D eigenvalue weighted by Crippen LogP contribution is 2.46. The lowest BCUT2D eigenvalue weighted by molar-refractivity contribution is -0.138. The standard InChI is InChI=1S/C30H41N5O5/c1-18(2)13-23(34-28(39)40-20-9-8-10-20)25(36)32-24(15-29(3,4)5)26(37)35-17-30(14-19(35)16-31)21-11-6-7-12-22(21)33-27(30)38/h6-7,11-12,18-20,23-24H,8-10,13-15,17H2,1-5H3,(H,32,36)(H,33,38)(H,34,39)/t19-,23?,24-,30-/m0/s1. The van der Waals surface area contributed by atoms with Crippen molar-refractivity contribution in [1.82, 2.24) is 15.5 Å². The molecule has 4 atom stereocenters. The Bertz CT molecular complexity index is 1200. The molecule has 10 heteroatoms. The first-order chi connectivity index (χ1) is 18.8. The first-order valence-electron chi connectivity index (χ1n) is 14.2. The van der Waals surface area contributed by atoms with E-state index in [1.807, 2.05) is 58.9 Å². The highest BCUT2D eigenvalue weighted by molar-refractivity contribution is 6.07. The minimum Gasteiger partial charge on any atom is -0.446 e. The van der Waals surface area contributed by atoms with Crippen LogP contribution in [0.1, 0.15) is 78.7 Å². The predicted octanol–water partition coefficient (Wildman–Crippen LogP) is 3.62. The van der Waals surface area contributed by atoms with Gasteiger partial charge in [-0.15, -0.1) is 0 Å². The average molecular weight is 552 g/mol. The molecular weight excluding hydrogens is 510 g/mol. The van der Waals surface area contributed by atoms with Crippen LogP contribution in [0.3, 0.4) is 0 Å². The van der Waals surface area contributed by atoms with Crippen LogP contribution in [0.4, 0.5) is 10.5 Å². The third-order valence-electron chi connectivity index (χ3n) is 7.99. The number of fused-ring (bicyclic) bond motifs is 2. The lowest BCUT2D eigenvalue weighted by atomic mass is 9.80. The molecule has 0 bridgehead atoms. The second-order valence-corrected chi connectivity index (χ2v) is 13.0. The number of amides is 4. The van der Waals surface area contributed by atoms with Crippen LogP contribution in [0.15, 0.2) is 24.3 Å². The molecule has 1 spiro atoms. The number of para-hydroxylation sites is 1. The number of nitrogens with zero attached hydrogens (tertiary/aromatic N) is 2. The van der Waals surface area contributed by atoms with E-state index in [2.05, 4.69) is 22.0 Å². The fourth-order valence-electron chi connectivity index (χ4n) is 5.79. The normalized spacial score (nSPS) is 23.6. The number of likely N-dealkylation sites (tertiary alicyclic amines) is 1. The Labute approximate surface area is 236 Å². The van der Waals surface area contributed by atoms with Crippen LogP contribution in [0, 0.1) is 22.7 Å². The summed E-state index contributed by atoms with van der Waals surface area (Å²) in [5, 5.41) is 18.5. The van der Waals surface area contributed by atoms with Crippen LogP contribution >= 0.6 is 0 Å². The second-order valence-electron chi connectivity index (χ2n) is 13.0. The van der Waals surface area contributed by atoms with Crippen LogP contribution in [0.2, 0.25) is 0 Å². The van der Waals surface area contributed by atoms with Gasteiger partial charge in [0.25, 0.3) is 0 Å². The largest absolute Gasteiger partial charge is 0.446 e. The van der Waals surface area contributed by atoms with Gasteiger partial charge in [-0.3, -0.25) is 14.4 Å². The van der Waals surface area contributed by atoms with Gasteiger partial charge in [-0.25, -0.2) is 4.79 Å². The Morgan fingerprint density at radius 3 is 2.48 bits per heavy atom. The van der Waals surface area contributed by atoms with E-state index in [4.69, 9.17) is 4.74 Å². The number of nitrogens with one attached hydrogen (secondary N) is 3. The molecule has 1 aliphatic carbocycles. The summed E-state index contributed by atoms with van der Waals surface area (Å²) in [6, 6.07) is 6.89. The minimum atomic E-state index is -1.02. The summed E-state index contributed by atoms with van der Waals surface area (Å²) >= 11 is 0. The summed E-state index contributed by atoms with van der Waals surface area (Å²) in [5.41, 5.74) is 0.109. The molecule has 1 unspecified atom stereocenters. The van der Waals surface area contributed by atoms with Crippen LogP contribution in [-0.2, 0) is 24.5 Å². The highest BCUT2D eigenvalue weighted by atomic mass is 16.6. The summed E-state index contributed by atoms with van der Waals surface area (Å²) in [6.07, 6.45) is 2.74. The van der Waals surface area contributed by atoms with Crippen LogP contribution in [0.25, 0.3) is 0 Å². The van der Waals surface area contributed by atoms with E-state index < -0.39 is 41.4 Å². The summed E-state index contributed by atoms with van der Waals surface area (Å²) in [6.45, 7) is 9.84. The van der Waals surface area contributed by atoms with E-state index in [9.17, 15) is 24.4 Å². The van der Waals surface area contributed by atoms with Crippen LogP contribution in [-0.4, -0.2) is 59.5 Å². The van der Waals surface area contributed by atoms with Crippen molar-refractivity contribution >= 4 is 29.5 Å². The monoisotopic (exact) mass is 551 g/mol. The SMILES string of the molecule is CC(C)CC(NC(=O)OC1CCC1)C(=O)N[C@@H](CC(C)(C)C)C(=O)N1C[C@]2(C[C@H]1C#N)C(=O)Nc1ccccc12. The number of carbonyl (C=O) groups excluding carboxylic acids is 4. The van der Waals surface area contributed by atoms with E-state index in [1.165, 1.54) is 4.90 Å². The van der Waals surface area contributed by atoms with Crippen molar-refractivity contribution < 1.29 is 23.9 Å². The molecule has 1 aromatic carbocycles. The van der Waals surface area contributed by atoms with Gasteiger partial charge in [0.15, 0.2) is 0 Å². The first kappa shape index (κ1) is 29.4. The maximum atomic E-state index is 14.1. The lowest BCUT2D eigenvalue weighted by Gasteiger charge is -2.32. The van der Waals surface area contributed by atoms with Gasteiger partial charge in [-0.05, 0) is 55.1 Å². The van der Waals surface area contributed by atoms with Crippen LogP contribution < -0.4 is 16.0 Å². The Balaban J connectivity index is 1.55. The maximum Gasteiger partial charge on any atom is 0.408 e. The Morgan fingerprint density at radius 1 is 1.18 bits per heavy atom. The molecule has 10 nitrogen and oxygen atoms in total. The molecule has 3 N–H and O–H groups in total. The van der Waals surface area contributed by atoms with Crippen molar-refractivity contribution in [3.63, 3.8) is 0 Å². The Hall–Kier alpha value is -3.61. The number of ether oxygens (including phenoxy) is 1. The molecule has 1 saturated heterocycles. The molecule has 0 radical (unpaired) electrons. The average Bonchev–Trinajstić information content (AvgIpc) is 3.37. The van der Waals surface area contributed by atoms with Gasteiger partial charge in [0, 0.05) is 18.7 Å². The third kappa shape index (κ3) is 6.24. The molecule has 40 heavy (non-hydrogen) atoms. The van der Waals surface area contributed by atoms with E-state index in [1.54, 1.807) is 0 Å². The number of anilines is 1. The zero-order valence-corrected chi connectivity index (χ0v) is 24.1. The van der Waals surface area contributed by atoms with Gasteiger partial charge in [-0.2, -0.15) is 5.26 Å². The van der Waals surface area contributed by atoms with Crippen molar-refractivity contribution in [1.29, 1.82) is 5.26 Å². The number of hydrogen-bond acceptors (Lipinski definition) is 6. The van der Waals surface area contributed by atoms with E-state index >= 15 is 0 Å². The minimum absolute atomic E-state index is 0.0464. The molecule has 1 aromatic rings. The molecule has 4 rings (SSSR count). The molecule has 2 fully saturated rings. The van der Waals surface area contributed by atoms with Gasteiger partial charge in [0.1, 0.15) is 24.2 Å². The fourth-order valence-corrected chi connectivity index (χ4v) is 5.79. The highest BCUT2D eigenvalue weighted by Gasteiger charge is 2.56. The number of hydrogen-bond donors (Lipinski definition) is 3. The summed E-state index contributed by atoms with van der Waals surface area (Å²) in [7, 11) is 0. The third-order valence-corrected chi connectivity index (χ3v) is 7.99. The maximum absolute atomic E-state index is 14.1. The Kier molecular flexibility index (Phi) is 8.43. The summed E-state index contributed by atoms with van der Waals surface area (Å²) in [5.74, 6) is -1.02. The van der Waals surface area contributed by atoms with Crippen LogP contribution in [0.5, 0.6) is 0 Å². The number of nitriles is 1. The number of carbonyl (C=O) groups is 4. The molecular formula is C30H41N5O5. The van der Waals surface area contributed by atoms with Crippen molar-refractivity contribution in [2.75, 3.05) is 11.9 Å². The number of benzene rings is 1. The smallest absolute Gasteiger partial charge is 0.408 e. The van der Waals surface area contributed by atoms with E-state index in [0.717, 1.165) is 24.8 Å². The molecule has 3 aliphatic rings. The van der Waals surface area contributed by atoms with Crippen molar-refractivity contribution in [2.24, 2.45) is 11.3 Å². The quantitative estimate of drug-likeness (QED) is 0.451. The zero-order chi connectivity index (χ0) is 29.2. The van der Waals surface area contributed by atoms with Gasteiger partial charge < -0.3 is 25.6 Å². The van der Waals surface area contributed by atoms with Gasteiger partial charge >= 0.3 is 6.09 Å². The number of alkyl carbamates (subject to hydrolysis) is 1. The van der Waals surface area contributed by atoms with Crippen molar-refractivity contribution in [2.45, 2.75) is 103 Å². The number of rotatable bonds is 8. The molecule has 1 saturated carbocycles. The van der Waals surface area contributed by atoms with Gasteiger partial charge in [0.2, 0.25) is 17.7 Å². The molecule has 4 amide bonds. The lowest BCUT2D eigenvalue weighted by Crippen LogP contribution is -2.56. The predicted molar refractivity (Wildman–Crippen MR) is 149 cm³/mol. The molecule has 2 heterocycles. The molecule has 0 aromatic heterocycles. The van der Waals surface area contributed by atoms with E-state index in [-0.39, 0.29) is 36.3 Å². The topological polar surface area (TPSA) is 141 Å². The van der Waals surface area contributed by atoms with Gasteiger partial charge in [0.05, 0.1) is 11.5 Å². The summed E-state index contributed by atoms with van der Waals surface area (Å²) < 4.78 is 5.40. The zero-order valence-electron chi connectivity index (χ0n) is 24.1. The van der Waals surface area contributed by atoms with Crippen molar-refractivity contribution in [3.05, 3.63) is 29.8 Å². The second kappa shape index (κ2) is 11.5. The summed E-state index contributed by atoms with van der Waals surface area (Å²) in [4.78, 5) is 54.7. The van der Waals surface area contributed by atoms with E-state index in [0.29, 0.717) is 18.5 Å². The van der Waals surface area contributed by atoms with Crippen molar-refractivity contribution in [3.8, 4) is 6.07 Å². The Morgan fingerprint density at radius 2 is 1.88 bits per heavy atom. The first-order valence-corrected chi connectivity index (χ1v) is 14.2.